The first kappa shape index (κ1) is 12.2. The molecule has 0 saturated heterocycles. The van der Waals surface area contributed by atoms with Gasteiger partial charge in [0.1, 0.15) is 5.82 Å². The minimum atomic E-state index is 0.167. The summed E-state index contributed by atoms with van der Waals surface area (Å²) in [6.07, 6.45) is 9.41. The van der Waals surface area contributed by atoms with Gasteiger partial charge in [-0.1, -0.05) is 0 Å². The first-order valence-corrected chi connectivity index (χ1v) is 7.04. The molecule has 1 saturated carbocycles. The third-order valence-corrected chi connectivity index (χ3v) is 3.86. The van der Waals surface area contributed by atoms with Crippen LogP contribution in [0.2, 0.25) is 0 Å². The maximum absolute atomic E-state index is 4.72. The lowest BCUT2D eigenvalue weighted by molar-refractivity contribution is 0.823. The second-order valence-electron chi connectivity index (χ2n) is 5.71. The number of fused-ring (bicyclic) bond motifs is 1. The summed E-state index contributed by atoms with van der Waals surface area (Å²) in [5, 5.41) is 4.56. The molecule has 0 spiro atoms. The number of pyridine rings is 2. The van der Waals surface area contributed by atoms with Crippen LogP contribution in [0.25, 0.3) is 22.3 Å². The molecule has 1 fully saturated rings. The highest BCUT2D eigenvalue weighted by Gasteiger charge is 2.37. The summed E-state index contributed by atoms with van der Waals surface area (Å²) in [5.41, 5.74) is 1.98. The zero-order valence-electron chi connectivity index (χ0n) is 11.7. The van der Waals surface area contributed by atoms with Gasteiger partial charge in [-0.3, -0.25) is 9.97 Å². The van der Waals surface area contributed by atoms with Crippen LogP contribution in [0.4, 0.5) is 5.82 Å². The topological polar surface area (TPSA) is 63.6 Å². The van der Waals surface area contributed by atoms with Crippen molar-refractivity contribution >= 4 is 16.7 Å². The van der Waals surface area contributed by atoms with Crippen molar-refractivity contribution in [2.45, 2.75) is 25.3 Å². The van der Waals surface area contributed by atoms with Gasteiger partial charge in [0.05, 0.1) is 11.7 Å². The van der Waals surface area contributed by atoms with Crippen LogP contribution >= 0.6 is 0 Å². The predicted molar refractivity (Wildman–Crippen MR) is 81.8 cm³/mol. The number of rotatable bonds is 3. The van der Waals surface area contributed by atoms with Crippen LogP contribution in [0, 0.1) is 0 Å². The second-order valence-corrected chi connectivity index (χ2v) is 5.71. The second kappa shape index (κ2) is 4.48. The Morgan fingerprint density at radius 1 is 1.00 bits per heavy atom. The quantitative estimate of drug-likeness (QED) is 0.797. The highest BCUT2D eigenvalue weighted by molar-refractivity contribution is 5.90. The third kappa shape index (κ3) is 2.31. The van der Waals surface area contributed by atoms with Gasteiger partial charge in [-0.2, -0.15) is 0 Å². The van der Waals surface area contributed by atoms with Crippen LogP contribution in [-0.2, 0) is 0 Å². The molecule has 1 aliphatic rings. The Hall–Kier alpha value is -2.56. The van der Waals surface area contributed by atoms with E-state index in [1.807, 2.05) is 18.2 Å². The first-order valence-electron chi connectivity index (χ1n) is 7.04. The van der Waals surface area contributed by atoms with Crippen molar-refractivity contribution < 1.29 is 0 Å². The molecular formula is C16H15N5. The summed E-state index contributed by atoms with van der Waals surface area (Å²) in [4.78, 5) is 17.5. The molecule has 3 aromatic heterocycles. The lowest BCUT2D eigenvalue weighted by Gasteiger charge is -2.15. The fourth-order valence-electron chi connectivity index (χ4n) is 2.30. The maximum atomic E-state index is 4.72. The molecule has 0 aliphatic heterocycles. The highest BCUT2D eigenvalue weighted by atomic mass is 15.1. The van der Waals surface area contributed by atoms with Crippen molar-refractivity contribution in [3.05, 3.63) is 43.0 Å². The zero-order valence-corrected chi connectivity index (χ0v) is 11.7. The molecule has 3 heterocycles. The van der Waals surface area contributed by atoms with Gasteiger partial charge >= 0.3 is 0 Å². The standard InChI is InChI=1S/C16H15N5/c1-16(5-6-16)21-15-12-4-9-18-10-13(12)19-14(20-15)11-2-7-17-8-3-11/h2-4,7-10H,5-6H2,1H3,(H,19,20,21). The molecule has 104 valence electrons. The normalized spacial score (nSPS) is 15.9. The van der Waals surface area contributed by atoms with E-state index in [9.17, 15) is 0 Å². The molecule has 0 bridgehead atoms. The highest BCUT2D eigenvalue weighted by Crippen LogP contribution is 2.39. The monoisotopic (exact) mass is 277 g/mol. The van der Waals surface area contributed by atoms with Crippen molar-refractivity contribution in [2.24, 2.45) is 0 Å². The molecule has 21 heavy (non-hydrogen) atoms. The Morgan fingerprint density at radius 2 is 1.76 bits per heavy atom. The molecule has 5 nitrogen and oxygen atoms in total. The van der Waals surface area contributed by atoms with Gasteiger partial charge in [-0.25, -0.2) is 9.97 Å². The van der Waals surface area contributed by atoms with Gasteiger partial charge in [0.15, 0.2) is 5.82 Å². The largest absolute Gasteiger partial charge is 0.364 e. The van der Waals surface area contributed by atoms with Gasteiger partial charge in [0, 0.05) is 35.1 Å². The van der Waals surface area contributed by atoms with Crippen molar-refractivity contribution in [1.29, 1.82) is 0 Å². The minimum absolute atomic E-state index is 0.167. The number of aromatic nitrogens is 4. The van der Waals surface area contributed by atoms with E-state index >= 15 is 0 Å². The van der Waals surface area contributed by atoms with Crippen molar-refractivity contribution in [1.82, 2.24) is 19.9 Å². The maximum Gasteiger partial charge on any atom is 0.162 e. The van der Waals surface area contributed by atoms with Crippen LogP contribution in [0.1, 0.15) is 19.8 Å². The van der Waals surface area contributed by atoms with E-state index in [-0.39, 0.29) is 5.54 Å². The Balaban J connectivity index is 1.89. The number of anilines is 1. The van der Waals surface area contributed by atoms with Crippen LogP contribution < -0.4 is 5.32 Å². The summed E-state index contributed by atoms with van der Waals surface area (Å²) in [5.74, 6) is 1.58. The average Bonchev–Trinajstić information content (AvgIpc) is 3.25. The van der Waals surface area contributed by atoms with E-state index in [1.165, 1.54) is 12.8 Å². The fraction of sp³-hybridized carbons (Fsp3) is 0.250. The van der Waals surface area contributed by atoms with Crippen LogP contribution in [0.5, 0.6) is 0 Å². The number of hydrogen-bond donors (Lipinski definition) is 1. The lowest BCUT2D eigenvalue weighted by Crippen LogP contribution is -2.17. The summed E-state index contributed by atoms with van der Waals surface area (Å²) in [6.45, 7) is 2.22. The van der Waals surface area contributed by atoms with Gasteiger partial charge in [-0.05, 0) is 38.0 Å². The molecule has 4 rings (SSSR count). The van der Waals surface area contributed by atoms with Crippen LogP contribution in [0.15, 0.2) is 43.0 Å². The molecule has 0 unspecified atom stereocenters. The molecule has 0 atom stereocenters. The van der Waals surface area contributed by atoms with Gasteiger partial charge < -0.3 is 5.32 Å². The Bertz CT molecular complexity index is 796. The molecular weight excluding hydrogens is 262 g/mol. The first-order chi connectivity index (χ1) is 10.2. The summed E-state index contributed by atoms with van der Waals surface area (Å²) >= 11 is 0. The van der Waals surface area contributed by atoms with E-state index in [2.05, 4.69) is 27.2 Å². The van der Waals surface area contributed by atoms with Gasteiger partial charge in [0.25, 0.3) is 0 Å². The third-order valence-electron chi connectivity index (χ3n) is 3.86. The average molecular weight is 277 g/mol. The SMILES string of the molecule is CC1(Nc2nc(-c3ccncc3)nc3cnccc23)CC1. The number of hydrogen-bond acceptors (Lipinski definition) is 5. The molecule has 0 amide bonds. The van der Waals surface area contributed by atoms with E-state index in [0.717, 1.165) is 22.3 Å². The smallest absolute Gasteiger partial charge is 0.162 e. The molecule has 3 aromatic rings. The zero-order chi connectivity index (χ0) is 14.3. The van der Waals surface area contributed by atoms with E-state index in [4.69, 9.17) is 4.98 Å². The number of nitrogens with one attached hydrogen (secondary N) is 1. The van der Waals surface area contributed by atoms with Crippen molar-refractivity contribution in [3.8, 4) is 11.4 Å². The molecule has 1 aliphatic carbocycles. The van der Waals surface area contributed by atoms with Crippen molar-refractivity contribution in [2.75, 3.05) is 5.32 Å². The Morgan fingerprint density at radius 3 is 2.52 bits per heavy atom. The Labute approximate surface area is 122 Å². The molecule has 1 N–H and O–H groups in total. The fourth-order valence-corrected chi connectivity index (χ4v) is 2.30. The van der Waals surface area contributed by atoms with E-state index in [0.29, 0.717) is 5.82 Å². The molecule has 0 aromatic carbocycles. The number of nitrogens with zero attached hydrogens (tertiary/aromatic N) is 4. The minimum Gasteiger partial charge on any atom is -0.364 e. The molecule has 5 heteroatoms. The Kier molecular flexibility index (Phi) is 2.60. The van der Waals surface area contributed by atoms with E-state index in [1.54, 1.807) is 24.8 Å². The summed E-state index contributed by atoms with van der Waals surface area (Å²) < 4.78 is 0. The van der Waals surface area contributed by atoms with Crippen LogP contribution in [-0.4, -0.2) is 25.5 Å². The van der Waals surface area contributed by atoms with Crippen molar-refractivity contribution in [3.63, 3.8) is 0 Å². The van der Waals surface area contributed by atoms with Crippen LogP contribution in [0.3, 0.4) is 0 Å². The van der Waals surface area contributed by atoms with Gasteiger partial charge in [-0.15, -0.1) is 0 Å². The van der Waals surface area contributed by atoms with Gasteiger partial charge in [0.2, 0.25) is 0 Å². The van der Waals surface area contributed by atoms with E-state index < -0.39 is 0 Å². The summed E-state index contributed by atoms with van der Waals surface area (Å²) in [7, 11) is 0. The molecule has 0 radical (unpaired) electrons. The lowest BCUT2D eigenvalue weighted by atomic mass is 10.2. The summed E-state index contributed by atoms with van der Waals surface area (Å²) in [6, 6.07) is 5.79. The predicted octanol–water partition coefficient (Wildman–Crippen LogP) is 3.05.